The summed E-state index contributed by atoms with van der Waals surface area (Å²) in [4.78, 5) is 26.1. The molecule has 24 heavy (non-hydrogen) atoms. The van der Waals surface area contributed by atoms with Crippen LogP contribution in [0.5, 0.6) is 0 Å². The first-order valence-corrected chi connectivity index (χ1v) is 8.82. The van der Waals surface area contributed by atoms with Crippen molar-refractivity contribution in [3.63, 3.8) is 0 Å². The Morgan fingerprint density at radius 1 is 1.12 bits per heavy atom. The molecule has 0 saturated carbocycles. The SMILES string of the molecule is Cc1ccc(NC(=O)c2ccc(N3CCCCC3=O)cc2)cc1Br. The van der Waals surface area contributed by atoms with E-state index in [9.17, 15) is 9.59 Å². The van der Waals surface area contributed by atoms with Crippen LogP contribution in [0.2, 0.25) is 0 Å². The molecular weight excluding hydrogens is 368 g/mol. The summed E-state index contributed by atoms with van der Waals surface area (Å²) in [6.45, 7) is 2.75. The molecule has 3 rings (SSSR count). The monoisotopic (exact) mass is 386 g/mol. The number of nitrogens with zero attached hydrogens (tertiary/aromatic N) is 1. The van der Waals surface area contributed by atoms with Gasteiger partial charge in [0, 0.05) is 34.4 Å². The highest BCUT2D eigenvalue weighted by atomic mass is 79.9. The van der Waals surface area contributed by atoms with Crippen molar-refractivity contribution in [3.8, 4) is 0 Å². The quantitative estimate of drug-likeness (QED) is 0.842. The van der Waals surface area contributed by atoms with E-state index in [0.29, 0.717) is 12.0 Å². The number of aryl methyl sites for hydroxylation is 1. The lowest BCUT2D eigenvalue weighted by Crippen LogP contribution is -2.35. The van der Waals surface area contributed by atoms with Gasteiger partial charge in [-0.25, -0.2) is 0 Å². The zero-order chi connectivity index (χ0) is 17.1. The van der Waals surface area contributed by atoms with E-state index in [0.717, 1.165) is 40.8 Å². The molecule has 0 radical (unpaired) electrons. The van der Waals surface area contributed by atoms with Crippen molar-refractivity contribution in [2.75, 3.05) is 16.8 Å². The Morgan fingerprint density at radius 3 is 2.54 bits per heavy atom. The van der Waals surface area contributed by atoms with E-state index < -0.39 is 0 Å². The smallest absolute Gasteiger partial charge is 0.255 e. The van der Waals surface area contributed by atoms with Gasteiger partial charge in [-0.2, -0.15) is 0 Å². The molecule has 1 aliphatic rings. The van der Waals surface area contributed by atoms with Crippen molar-refractivity contribution >= 4 is 39.1 Å². The molecule has 2 aromatic carbocycles. The summed E-state index contributed by atoms with van der Waals surface area (Å²) in [5.74, 6) is -0.00905. The zero-order valence-corrected chi connectivity index (χ0v) is 15.1. The molecule has 1 aliphatic heterocycles. The fourth-order valence-corrected chi connectivity index (χ4v) is 3.12. The molecule has 2 aromatic rings. The third-order valence-corrected chi connectivity index (χ3v) is 5.05. The number of carbonyl (C=O) groups is 2. The molecule has 4 nitrogen and oxygen atoms in total. The summed E-state index contributed by atoms with van der Waals surface area (Å²) in [6, 6.07) is 12.9. The molecule has 1 heterocycles. The van der Waals surface area contributed by atoms with Crippen molar-refractivity contribution < 1.29 is 9.59 Å². The number of carbonyl (C=O) groups excluding carboxylic acids is 2. The van der Waals surface area contributed by atoms with Crippen LogP contribution in [-0.2, 0) is 4.79 Å². The van der Waals surface area contributed by atoms with Crippen LogP contribution in [0, 0.1) is 6.92 Å². The minimum absolute atomic E-state index is 0.156. The van der Waals surface area contributed by atoms with Gasteiger partial charge in [0.1, 0.15) is 0 Å². The van der Waals surface area contributed by atoms with Gasteiger partial charge in [0.15, 0.2) is 0 Å². The van der Waals surface area contributed by atoms with E-state index in [4.69, 9.17) is 0 Å². The number of hydrogen-bond acceptors (Lipinski definition) is 2. The Morgan fingerprint density at radius 2 is 1.88 bits per heavy atom. The Labute approximate surface area is 150 Å². The average Bonchev–Trinajstić information content (AvgIpc) is 2.59. The molecule has 0 unspecified atom stereocenters. The van der Waals surface area contributed by atoms with Gasteiger partial charge in [-0.15, -0.1) is 0 Å². The molecule has 1 fully saturated rings. The summed E-state index contributed by atoms with van der Waals surface area (Å²) < 4.78 is 0.958. The molecule has 0 aromatic heterocycles. The van der Waals surface area contributed by atoms with Crippen molar-refractivity contribution in [2.45, 2.75) is 26.2 Å². The predicted molar refractivity (Wildman–Crippen MR) is 99.5 cm³/mol. The normalized spacial score (nSPS) is 14.6. The Balaban J connectivity index is 1.71. The van der Waals surface area contributed by atoms with Gasteiger partial charge in [-0.05, 0) is 61.7 Å². The number of hydrogen-bond donors (Lipinski definition) is 1. The summed E-state index contributed by atoms with van der Waals surface area (Å²) in [6.07, 6.45) is 2.59. The maximum Gasteiger partial charge on any atom is 0.255 e. The second-order valence-corrected chi connectivity index (χ2v) is 6.82. The van der Waals surface area contributed by atoms with E-state index in [1.54, 1.807) is 17.0 Å². The fraction of sp³-hybridized carbons (Fsp3) is 0.263. The number of nitrogens with one attached hydrogen (secondary N) is 1. The van der Waals surface area contributed by atoms with E-state index in [1.165, 1.54) is 0 Å². The largest absolute Gasteiger partial charge is 0.322 e. The van der Waals surface area contributed by atoms with Gasteiger partial charge in [0.2, 0.25) is 5.91 Å². The minimum atomic E-state index is -0.165. The summed E-state index contributed by atoms with van der Waals surface area (Å²) in [5.41, 5.74) is 3.28. The highest BCUT2D eigenvalue weighted by Crippen LogP contribution is 2.23. The number of piperidine rings is 1. The van der Waals surface area contributed by atoms with Crippen molar-refractivity contribution in [2.24, 2.45) is 0 Å². The first-order valence-electron chi connectivity index (χ1n) is 8.02. The third-order valence-electron chi connectivity index (χ3n) is 4.19. The lowest BCUT2D eigenvalue weighted by Gasteiger charge is -2.26. The highest BCUT2D eigenvalue weighted by Gasteiger charge is 2.19. The minimum Gasteiger partial charge on any atom is -0.322 e. The molecule has 0 atom stereocenters. The van der Waals surface area contributed by atoms with Gasteiger partial charge in [0.05, 0.1) is 0 Å². The second kappa shape index (κ2) is 7.18. The van der Waals surface area contributed by atoms with Crippen LogP contribution >= 0.6 is 15.9 Å². The molecule has 0 bridgehead atoms. The number of halogens is 1. The lowest BCUT2D eigenvalue weighted by atomic mass is 10.1. The predicted octanol–water partition coefficient (Wildman–Crippen LogP) is 4.53. The van der Waals surface area contributed by atoms with Gasteiger partial charge < -0.3 is 10.2 Å². The fourth-order valence-electron chi connectivity index (χ4n) is 2.75. The molecule has 1 saturated heterocycles. The van der Waals surface area contributed by atoms with E-state index in [1.807, 2.05) is 37.3 Å². The van der Waals surface area contributed by atoms with Gasteiger partial charge in [-0.1, -0.05) is 22.0 Å². The molecule has 124 valence electrons. The van der Waals surface area contributed by atoms with Gasteiger partial charge >= 0.3 is 0 Å². The first kappa shape index (κ1) is 16.7. The third kappa shape index (κ3) is 3.67. The van der Waals surface area contributed by atoms with Crippen LogP contribution in [0.3, 0.4) is 0 Å². The Hall–Kier alpha value is -2.14. The Bertz CT molecular complexity index is 771. The second-order valence-electron chi connectivity index (χ2n) is 5.97. The maximum atomic E-state index is 12.4. The number of anilines is 2. The molecule has 0 aliphatic carbocycles. The van der Waals surface area contributed by atoms with Crippen LogP contribution in [-0.4, -0.2) is 18.4 Å². The molecular formula is C19H19BrN2O2. The molecule has 0 spiro atoms. The van der Waals surface area contributed by atoms with Crippen LogP contribution in [0.15, 0.2) is 46.9 Å². The van der Waals surface area contributed by atoms with Crippen LogP contribution in [0.1, 0.15) is 35.2 Å². The maximum absolute atomic E-state index is 12.4. The summed E-state index contributed by atoms with van der Waals surface area (Å²) in [5, 5.41) is 2.88. The van der Waals surface area contributed by atoms with Crippen LogP contribution in [0.4, 0.5) is 11.4 Å². The van der Waals surface area contributed by atoms with Crippen LogP contribution in [0.25, 0.3) is 0 Å². The van der Waals surface area contributed by atoms with Crippen molar-refractivity contribution in [1.29, 1.82) is 0 Å². The highest BCUT2D eigenvalue weighted by molar-refractivity contribution is 9.10. The Kier molecular flexibility index (Phi) is 5.00. The first-order chi connectivity index (χ1) is 11.5. The molecule has 2 amide bonds. The summed E-state index contributed by atoms with van der Waals surface area (Å²) >= 11 is 3.46. The topological polar surface area (TPSA) is 49.4 Å². The molecule has 1 N–H and O–H groups in total. The van der Waals surface area contributed by atoms with Gasteiger partial charge in [-0.3, -0.25) is 9.59 Å². The average molecular weight is 387 g/mol. The zero-order valence-electron chi connectivity index (χ0n) is 13.5. The summed E-state index contributed by atoms with van der Waals surface area (Å²) in [7, 11) is 0. The van der Waals surface area contributed by atoms with Crippen LogP contribution < -0.4 is 10.2 Å². The van der Waals surface area contributed by atoms with Gasteiger partial charge in [0.25, 0.3) is 5.91 Å². The number of amides is 2. The van der Waals surface area contributed by atoms with E-state index >= 15 is 0 Å². The number of rotatable bonds is 3. The number of benzene rings is 2. The standard InChI is InChI=1S/C19H19BrN2O2/c1-13-5-8-15(12-17(13)20)21-19(24)14-6-9-16(10-7-14)22-11-3-2-4-18(22)23/h5-10,12H,2-4,11H2,1H3,(H,21,24). The van der Waals surface area contributed by atoms with E-state index in [-0.39, 0.29) is 11.8 Å². The lowest BCUT2D eigenvalue weighted by molar-refractivity contribution is -0.119. The van der Waals surface area contributed by atoms with E-state index in [2.05, 4.69) is 21.2 Å². The van der Waals surface area contributed by atoms with Crippen molar-refractivity contribution in [3.05, 3.63) is 58.1 Å². The van der Waals surface area contributed by atoms with Crippen molar-refractivity contribution in [1.82, 2.24) is 0 Å². The molecule has 5 heteroatoms.